The fourth-order valence-corrected chi connectivity index (χ4v) is 5.05. The molecule has 0 spiro atoms. The van der Waals surface area contributed by atoms with Gasteiger partial charge in [-0.25, -0.2) is 5.43 Å². The van der Waals surface area contributed by atoms with Crippen molar-refractivity contribution < 1.29 is 14.6 Å². The molecule has 2 aromatic carbocycles. The van der Waals surface area contributed by atoms with Crippen molar-refractivity contribution in [2.75, 3.05) is 12.9 Å². The predicted octanol–water partition coefficient (Wildman–Crippen LogP) is 4.44. The minimum atomic E-state index is -0.257. The molecule has 0 saturated carbocycles. The summed E-state index contributed by atoms with van der Waals surface area (Å²) in [4.78, 5) is 12.0. The third kappa shape index (κ3) is 6.91. The highest BCUT2D eigenvalue weighted by molar-refractivity contribution is 8.03. The van der Waals surface area contributed by atoms with Crippen molar-refractivity contribution in [3.8, 4) is 11.5 Å². The van der Waals surface area contributed by atoms with Gasteiger partial charge in [0.1, 0.15) is 0 Å². The summed E-state index contributed by atoms with van der Waals surface area (Å²) in [5.41, 5.74) is 4.29. The molecule has 0 unspecified atom stereocenters. The van der Waals surface area contributed by atoms with Crippen molar-refractivity contribution in [3.05, 3.63) is 58.6 Å². The molecule has 0 atom stereocenters. The van der Waals surface area contributed by atoms with Gasteiger partial charge in [0.05, 0.1) is 19.1 Å². The van der Waals surface area contributed by atoms with Crippen LogP contribution in [0.3, 0.4) is 0 Å². The van der Waals surface area contributed by atoms with Gasteiger partial charge in [0, 0.05) is 10.8 Å². The maximum Gasteiger partial charge on any atom is 0.250 e. The second-order valence-corrected chi connectivity index (χ2v) is 9.62. The van der Waals surface area contributed by atoms with Crippen LogP contribution in [0.25, 0.3) is 0 Å². The van der Waals surface area contributed by atoms with Gasteiger partial charge >= 0.3 is 0 Å². The second kappa shape index (κ2) is 11.2. The van der Waals surface area contributed by atoms with Crippen LogP contribution in [0.1, 0.15) is 11.1 Å². The van der Waals surface area contributed by atoms with Crippen LogP contribution in [0.5, 0.6) is 11.5 Å². The van der Waals surface area contributed by atoms with E-state index in [4.69, 9.17) is 16.3 Å². The fraction of sp³-hybridized carbons (Fsp3) is 0.158. The van der Waals surface area contributed by atoms with E-state index >= 15 is 0 Å². The first kappa shape index (κ1) is 22.4. The summed E-state index contributed by atoms with van der Waals surface area (Å²) in [6.07, 6.45) is 1.47. The van der Waals surface area contributed by atoms with Crippen LogP contribution in [-0.4, -0.2) is 40.3 Å². The Morgan fingerprint density at radius 2 is 1.97 bits per heavy atom. The zero-order valence-electron chi connectivity index (χ0n) is 15.7. The van der Waals surface area contributed by atoms with Gasteiger partial charge in [0.25, 0.3) is 5.91 Å². The molecule has 7 nitrogen and oxygen atoms in total. The Labute approximate surface area is 190 Å². The van der Waals surface area contributed by atoms with Crippen molar-refractivity contribution in [1.29, 1.82) is 0 Å². The topological polar surface area (TPSA) is 96.7 Å². The van der Waals surface area contributed by atoms with Crippen LogP contribution in [0.2, 0.25) is 5.02 Å². The molecule has 0 bridgehead atoms. The van der Waals surface area contributed by atoms with E-state index in [1.165, 1.54) is 42.5 Å². The average molecular weight is 481 g/mol. The van der Waals surface area contributed by atoms with E-state index in [1.807, 2.05) is 24.3 Å². The summed E-state index contributed by atoms with van der Waals surface area (Å²) in [5, 5.41) is 22.4. The van der Waals surface area contributed by atoms with Crippen LogP contribution in [-0.2, 0) is 10.5 Å². The molecule has 11 heteroatoms. The van der Waals surface area contributed by atoms with E-state index in [0.29, 0.717) is 16.3 Å². The van der Waals surface area contributed by atoms with Crippen LogP contribution >= 0.6 is 46.5 Å². The highest BCUT2D eigenvalue weighted by Crippen LogP contribution is 2.31. The summed E-state index contributed by atoms with van der Waals surface area (Å²) >= 11 is 10.2. The Kier molecular flexibility index (Phi) is 8.38. The number of aromatic hydroxyl groups is 1. The van der Waals surface area contributed by atoms with Crippen LogP contribution in [0.15, 0.2) is 56.2 Å². The lowest BCUT2D eigenvalue weighted by Crippen LogP contribution is -2.19. The quantitative estimate of drug-likeness (QED) is 0.265. The standard InChI is InChI=1S/C19H17ClN4O3S3/c1-27-16-8-13(4-7-15(16)25)9-21-22-17(26)11-29-19-24-23-18(30-19)28-10-12-2-5-14(20)6-3-12/h2-9,25H,10-11H2,1H3,(H,22,26). The summed E-state index contributed by atoms with van der Waals surface area (Å²) in [6, 6.07) is 12.4. The second-order valence-electron chi connectivity index (χ2n) is 5.76. The molecule has 0 fully saturated rings. The lowest BCUT2D eigenvalue weighted by molar-refractivity contribution is -0.118. The zero-order valence-corrected chi connectivity index (χ0v) is 18.9. The summed E-state index contributed by atoms with van der Waals surface area (Å²) in [5.74, 6) is 1.06. The Morgan fingerprint density at radius 1 is 1.23 bits per heavy atom. The molecule has 0 aliphatic carbocycles. The number of amides is 1. The minimum Gasteiger partial charge on any atom is -0.504 e. The van der Waals surface area contributed by atoms with Gasteiger partial charge < -0.3 is 9.84 Å². The van der Waals surface area contributed by atoms with Crippen molar-refractivity contribution >= 4 is 58.6 Å². The van der Waals surface area contributed by atoms with Gasteiger partial charge in [-0.05, 0) is 41.5 Å². The average Bonchev–Trinajstić information content (AvgIpc) is 3.21. The zero-order chi connectivity index (χ0) is 21.3. The lowest BCUT2D eigenvalue weighted by Gasteiger charge is -2.03. The number of rotatable bonds is 9. The number of carbonyl (C=O) groups is 1. The molecule has 1 heterocycles. The molecule has 0 aliphatic rings. The summed E-state index contributed by atoms with van der Waals surface area (Å²) < 4.78 is 6.59. The van der Waals surface area contributed by atoms with Gasteiger partial charge in [-0.3, -0.25) is 4.79 Å². The maximum atomic E-state index is 12.0. The number of methoxy groups -OCH3 is 1. The maximum absolute atomic E-state index is 12.0. The van der Waals surface area contributed by atoms with Gasteiger partial charge in [-0.2, -0.15) is 5.10 Å². The highest BCUT2D eigenvalue weighted by Gasteiger charge is 2.09. The SMILES string of the molecule is COc1cc(C=NNC(=O)CSc2nnc(SCc3ccc(Cl)cc3)s2)ccc1O. The highest BCUT2D eigenvalue weighted by atomic mass is 35.5. The molecular weight excluding hydrogens is 464 g/mol. The molecule has 1 amide bonds. The Hall–Kier alpha value is -2.27. The first-order valence-electron chi connectivity index (χ1n) is 8.56. The predicted molar refractivity (Wildman–Crippen MR) is 122 cm³/mol. The summed E-state index contributed by atoms with van der Waals surface area (Å²) in [7, 11) is 1.46. The molecule has 156 valence electrons. The molecule has 3 aromatic rings. The van der Waals surface area contributed by atoms with Crippen LogP contribution in [0, 0.1) is 0 Å². The van der Waals surface area contributed by atoms with E-state index in [2.05, 4.69) is 20.7 Å². The molecule has 3 rings (SSSR count). The third-order valence-corrected chi connectivity index (χ3v) is 7.11. The van der Waals surface area contributed by atoms with Crippen molar-refractivity contribution in [3.63, 3.8) is 0 Å². The number of phenols is 1. The molecule has 1 aromatic heterocycles. The van der Waals surface area contributed by atoms with E-state index < -0.39 is 0 Å². The van der Waals surface area contributed by atoms with Gasteiger partial charge in [0.15, 0.2) is 20.2 Å². The van der Waals surface area contributed by atoms with Crippen LogP contribution < -0.4 is 10.2 Å². The smallest absolute Gasteiger partial charge is 0.250 e. The van der Waals surface area contributed by atoms with Crippen molar-refractivity contribution in [2.24, 2.45) is 5.10 Å². The monoisotopic (exact) mass is 480 g/mol. The van der Waals surface area contributed by atoms with Gasteiger partial charge in [-0.15, -0.1) is 10.2 Å². The number of nitrogens with one attached hydrogen (secondary N) is 1. The number of hydrogen-bond donors (Lipinski definition) is 2. The molecule has 30 heavy (non-hydrogen) atoms. The first-order chi connectivity index (χ1) is 14.5. The third-order valence-electron chi connectivity index (χ3n) is 3.60. The number of hydrazone groups is 1. The number of thioether (sulfide) groups is 2. The fourth-order valence-electron chi connectivity index (χ4n) is 2.15. The molecule has 0 radical (unpaired) electrons. The number of aromatic nitrogens is 2. The number of ether oxygens (including phenoxy) is 1. The number of phenolic OH excluding ortho intramolecular Hbond substituents is 1. The normalized spacial score (nSPS) is 11.0. The Morgan fingerprint density at radius 3 is 2.70 bits per heavy atom. The van der Waals surface area contributed by atoms with Crippen molar-refractivity contribution in [2.45, 2.75) is 14.4 Å². The van der Waals surface area contributed by atoms with E-state index in [1.54, 1.807) is 23.9 Å². The molecule has 0 saturated heterocycles. The molecule has 2 N–H and O–H groups in total. The molecular formula is C19H17ClN4O3S3. The number of hydrogen-bond acceptors (Lipinski definition) is 9. The molecule has 0 aliphatic heterocycles. The van der Waals surface area contributed by atoms with E-state index in [-0.39, 0.29) is 17.4 Å². The number of nitrogens with zero attached hydrogens (tertiary/aromatic N) is 3. The lowest BCUT2D eigenvalue weighted by atomic mass is 10.2. The van der Waals surface area contributed by atoms with Crippen molar-refractivity contribution in [1.82, 2.24) is 15.6 Å². The number of carbonyl (C=O) groups excluding carboxylic acids is 1. The van der Waals surface area contributed by atoms with E-state index in [9.17, 15) is 9.90 Å². The number of halogens is 1. The Bertz CT molecular complexity index is 1030. The van der Waals surface area contributed by atoms with Gasteiger partial charge in [0.2, 0.25) is 0 Å². The van der Waals surface area contributed by atoms with Crippen LogP contribution in [0.4, 0.5) is 0 Å². The van der Waals surface area contributed by atoms with Gasteiger partial charge in [-0.1, -0.05) is 58.6 Å². The minimum absolute atomic E-state index is 0.0397. The first-order valence-corrected chi connectivity index (χ1v) is 11.7. The van der Waals surface area contributed by atoms with E-state index in [0.717, 1.165) is 20.0 Å². The Balaban J connectivity index is 1.42. The summed E-state index contributed by atoms with van der Waals surface area (Å²) in [6.45, 7) is 0. The largest absolute Gasteiger partial charge is 0.504 e. The number of benzene rings is 2.